The molecule has 54 heavy (non-hydrogen) atoms. The molecule has 5 atom stereocenters. The van der Waals surface area contributed by atoms with Gasteiger partial charge in [-0.2, -0.15) is 12.7 Å². The van der Waals surface area contributed by atoms with Crippen LogP contribution in [-0.2, 0) is 47.2 Å². The van der Waals surface area contributed by atoms with Crippen LogP contribution in [0.5, 0.6) is 0 Å². The van der Waals surface area contributed by atoms with Crippen molar-refractivity contribution in [3.8, 4) is 0 Å². The fourth-order valence-corrected chi connectivity index (χ4v) is 9.78. The van der Waals surface area contributed by atoms with Gasteiger partial charge < -0.3 is 25.0 Å². The topological polar surface area (TPSA) is 167 Å². The molecule has 0 aromatic heterocycles. The highest BCUT2D eigenvalue weighted by atomic mass is 32.2. The fraction of sp³-hybridized carbons (Fsp3) is 0.590. The first-order valence-corrected chi connectivity index (χ1v) is 20.5. The molecule has 3 aliphatic heterocycles. The number of benzene rings is 2. The van der Waals surface area contributed by atoms with Crippen molar-refractivity contribution >= 4 is 44.8 Å². The third-order valence-electron chi connectivity index (χ3n) is 11.7. The van der Waals surface area contributed by atoms with Crippen LogP contribution in [-0.4, -0.2) is 109 Å². The summed E-state index contributed by atoms with van der Waals surface area (Å²) in [6, 6.07) is 10.2. The van der Waals surface area contributed by atoms with Crippen molar-refractivity contribution in [2.45, 2.75) is 102 Å². The van der Waals surface area contributed by atoms with Gasteiger partial charge in [0, 0.05) is 44.7 Å². The van der Waals surface area contributed by atoms with Crippen molar-refractivity contribution in [2.75, 3.05) is 32.8 Å². The standard InChI is InChI=1S/C39H52N6O8S/c1-5-28-21-39(28,36(48)42-54(50,51)44-16-18-52-19-17-44)41-34(46)31-20-29(43-22-26-12-8-10-25-11-9-13-27(23-43)32(25)26)24-45(31)35(47)33(38(2,3)4)40-37(49)53-30-14-6-7-15-30/h5,8-13,28-31,33H,1,6-7,14-24H2,2-4H3,(H,40,49)(H,41,46)(H,42,48)/t28-,29-,31+,33-,39-/m1/s1. The van der Waals surface area contributed by atoms with Gasteiger partial charge in [0.05, 0.1) is 13.2 Å². The molecule has 4 amide bonds. The zero-order valence-corrected chi connectivity index (χ0v) is 32.2. The van der Waals surface area contributed by atoms with Gasteiger partial charge in [-0.15, -0.1) is 6.58 Å². The van der Waals surface area contributed by atoms with Crippen LogP contribution in [0.15, 0.2) is 49.1 Å². The van der Waals surface area contributed by atoms with E-state index in [0.29, 0.717) is 13.1 Å². The minimum atomic E-state index is -4.20. The molecule has 3 N–H and O–H groups in total. The lowest BCUT2D eigenvalue weighted by Crippen LogP contribution is -2.60. The van der Waals surface area contributed by atoms with Gasteiger partial charge in [0.2, 0.25) is 11.8 Å². The molecule has 2 saturated heterocycles. The summed E-state index contributed by atoms with van der Waals surface area (Å²) >= 11 is 0. The second kappa shape index (κ2) is 14.9. The summed E-state index contributed by atoms with van der Waals surface area (Å²) in [7, 11) is -4.20. The molecule has 2 aromatic rings. The van der Waals surface area contributed by atoms with Crippen molar-refractivity contribution in [1.29, 1.82) is 0 Å². The summed E-state index contributed by atoms with van der Waals surface area (Å²) in [4.78, 5) is 60.0. The lowest BCUT2D eigenvalue weighted by Gasteiger charge is -2.36. The monoisotopic (exact) mass is 764 g/mol. The smallest absolute Gasteiger partial charge is 0.408 e. The van der Waals surface area contributed by atoms with Crippen molar-refractivity contribution in [1.82, 2.24) is 29.5 Å². The van der Waals surface area contributed by atoms with Gasteiger partial charge in [0.15, 0.2) is 0 Å². The normalized spacial score (nSPS) is 26.9. The molecule has 2 aliphatic carbocycles. The Morgan fingerprint density at radius 3 is 2.26 bits per heavy atom. The Morgan fingerprint density at radius 2 is 1.67 bits per heavy atom. The molecule has 4 fully saturated rings. The number of carbonyl (C=O) groups is 4. The lowest BCUT2D eigenvalue weighted by atomic mass is 9.85. The van der Waals surface area contributed by atoms with Gasteiger partial charge in [-0.25, -0.2) is 9.52 Å². The predicted molar refractivity (Wildman–Crippen MR) is 201 cm³/mol. The Kier molecular flexibility index (Phi) is 10.5. The summed E-state index contributed by atoms with van der Waals surface area (Å²) in [5.41, 5.74) is 0.0161. The summed E-state index contributed by atoms with van der Waals surface area (Å²) < 4.78 is 40.7. The fourth-order valence-electron chi connectivity index (χ4n) is 8.61. The van der Waals surface area contributed by atoms with Crippen LogP contribution >= 0.6 is 0 Å². The van der Waals surface area contributed by atoms with Crippen LogP contribution in [0.3, 0.4) is 0 Å². The molecule has 0 bridgehead atoms. The maximum atomic E-state index is 14.7. The summed E-state index contributed by atoms with van der Waals surface area (Å²) in [6.07, 6.45) is 4.59. The van der Waals surface area contributed by atoms with Gasteiger partial charge in [0.25, 0.3) is 5.91 Å². The third kappa shape index (κ3) is 7.60. The van der Waals surface area contributed by atoms with Crippen LogP contribution in [0.25, 0.3) is 10.8 Å². The SMILES string of the molecule is C=C[C@@H]1C[C@]1(NC(=O)[C@@H]1C[C@@H](N2Cc3cccc4cccc(c34)C2)CN1C(=O)[C@@H](NC(=O)OC1CCCC1)C(C)(C)C)C(=O)NS(=O)(=O)N1CCOCC1. The molecule has 292 valence electrons. The zero-order valence-electron chi connectivity index (χ0n) is 31.3. The van der Waals surface area contributed by atoms with Crippen LogP contribution < -0.4 is 15.4 Å². The second-order valence-corrected chi connectivity index (χ2v) is 18.1. The second-order valence-electron chi connectivity index (χ2n) is 16.4. The first-order chi connectivity index (χ1) is 25.7. The first kappa shape index (κ1) is 38.2. The largest absolute Gasteiger partial charge is 0.446 e. The molecule has 0 radical (unpaired) electrons. The molecule has 5 aliphatic rings. The number of hydrogen-bond acceptors (Lipinski definition) is 9. The van der Waals surface area contributed by atoms with E-state index in [9.17, 15) is 27.6 Å². The summed E-state index contributed by atoms with van der Waals surface area (Å²) in [5.74, 6) is -2.38. The molecular formula is C39H52N6O8S. The van der Waals surface area contributed by atoms with Crippen molar-refractivity contribution in [2.24, 2.45) is 11.3 Å². The van der Waals surface area contributed by atoms with Gasteiger partial charge in [-0.3, -0.25) is 19.3 Å². The molecule has 15 heteroatoms. The van der Waals surface area contributed by atoms with Gasteiger partial charge in [-0.05, 0) is 65.8 Å². The van der Waals surface area contributed by atoms with Crippen LogP contribution in [0.1, 0.15) is 70.4 Å². The Morgan fingerprint density at radius 1 is 1.02 bits per heavy atom. The number of ether oxygens (including phenoxy) is 2. The molecule has 2 aromatic carbocycles. The Hall–Kier alpha value is -4.05. The molecule has 0 spiro atoms. The number of carbonyl (C=O) groups excluding carboxylic acids is 4. The highest BCUT2D eigenvalue weighted by Gasteiger charge is 2.62. The number of morpholine rings is 1. The number of rotatable bonds is 10. The molecule has 0 unspecified atom stereocenters. The number of alkyl carbamates (subject to hydrolysis) is 1. The average Bonchev–Trinajstić information content (AvgIpc) is 3.41. The first-order valence-electron chi connectivity index (χ1n) is 19.1. The number of hydrogen-bond donors (Lipinski definition) is 3. The molecule has 14 nitrogen and oxygen atoms in total. The van der Waals surface area contributed by atoms with Crippen LogP contribution in [0.2, 0.25) is 0 Å². The molecule has 3 heterocycles. The molecule has 2 saturated carbocycles. The van der Waals surface area contributed by atoms with Crippen LogP contribution in [0, 0.1) is 11.3 Å². The quantitative estimate of drug-likeness (QED) is 0.309. The predicted octanol–water partition coefficient (Wildman–Crippen LogP) is 2.96. The average molecular weight is 765 g/mol. The highest BCUT2D eigenvalue weighted by molar-refractivity contribution is 7.87. The van der Waals surface area contributed by atoms with E-state index < -0.39 is 63.0 Å². The van der Waals surface area contributed by atoms with E-state index in [2.05, 4.69) is 51.1 Å². The molecule has 7 rings (SSSR count). The van der Waals surface area contributed by atoms with Crippen molar-refractivity contribution in [3.63, 3.8) is 0 Å². The maximum Gasteiger partial charge on any atom is 0.408 e. The Bertz CT molecular complexity index is 1880. The van der Waals surface area contributed by atoms with Crippen LogP contribution in [0.4, 0.5) is 4.79 Å². The van der Waals surface area contributed by atoms with E-state index in [1.165, 1.54) is 16.4 Å². The van der Waals surface area contributed by atoms with E-state index in [1.807, 2.05) is 32.9 Å². The van der Waals surface area contributed by atoms with E-state index in [-0.39, 0.29) is 57.8 Å². The number of likely N-dealkylation sites (tertiary alicyclic amines) is 1. The Balaban J connectivity index is 1.15. The van der Waals surface area contributed by atoms with Gasteiger partial charge in [-0.1, -0.05) is 63.2 Å². The number of nitrogens with one attached hydrogen (secondary N) is 3. The number of nitrogens with zero attached hydrogens (tertiary/aromatic N) is 3. The third-order valence-corrected chi connectivity index (χ3v) is 13.2. The summed E-state index contributed by atoms with van der Waals surface area (Å²) in [5, 5.41) is 8.11. The minimum Gasteiger partial charge on any atom is -0.446 e. The zero-order chi connectivity index (χ0) is 38.4. The maximum absolute atomic E-state index is 14.7. The lowest BCUT2D eigenvalue weighted by molar-refractivity contribution is -0.142. The van der Waals surface area contributed by atoms with E-state index in [4.69, 9.17) is 9.47 Å². The van der Waals surface area contributed by atoms with E-state index >= 15 is 0 Å². The minimum absolute atomic E-state index is 0.0973. The van der Waals surface area contributed by atoms with Crippen molar-refractivity contribution < 1.29 is 37.1 Å². The van der Waals surface area contributed by atoms with Gasteiger partial charge in [0.1, 0.15) is 23.7 Å². The van der Waals surface area contributed by atoms with E-state index in [1.54, 1.807) is 0 Å². The molecular weight excluding hydrogens is 713 g/mol. The highest BCUT2D eigenvalue weighted by Crippen LogP contribution is 2.45. The van der Waals surface area contributed by atoms with Gasteiger partial charge >= 0.3 is 16.3 Å². The van der Waals surface area contributed by atoms with E-state index in [0.717, 1.165) is 46.5 Å². The Labute approximate surface area is 317 Å². The summed E-state index contributed by atoms with van der Waals surface area (Å²) in [6.45, 7) is 11.4. The van der Waals surface area contributed by atoms with Crippen molar-refractivity contribution in [3.05, 3.63) is 60.2 Å². The number of amides is 4.